The van der Waals surface area contributed by atoms with Gasteiger partial charge in [-0.3, -0.25) is 9.58 Å². The molecule has 1 fully saturated rings. The van der Waals surface area contributed by atoms with E-state index >= 15 is 0 Å². The number of aryl methyl sites for hydroxylation is 1. The van der Waals surface area contributed by atoms with Crippen LogP contribution in [0.15, 0.2) is 47.5 Å². The number of hydrogen-bond donors (Lipinski definition) is 0. The number of nitrogens with zero attached hydrogens (tertiary/aromatic N) is 5. The average molecular weight is 323 g/mol. The predicted molar refractivity (Wildman–Crippen MR) is 90.1 cm³/mol. The quantitative estimate of drug-likeness (QED) is 0.722. The molecule has 124 valence electrons. The van der Waals surface area contributed by atoms with E-state index in [1.54, 1.807) is 12.7 Å². The lowest BCUT2D eigenvalue weighted by atomic mass is 10.1. The Balaban J connectivity index is 1.44. The first-order valence-corrected chi connectivity index (χ1v) is 8.37. The van der Waals surface area contributed by atoms with Gasteiger partial charge in [0.15, 0.2) is 5.76 Å². The number of benzene rings is 1. The van der Waals surface area contributed by atoms with Gasteiger partial charge in [0.1, 0.15) is 18.3 Å². The van der Waals surface area contributed by atoms with Crippen LogP contribution >= 0.6 is 0 Å². The average Bonchev–Trinajstić information content (AvgIpc) is 3.32. The molecule has 0 bridgehead atoms. The second-order valence-corrected chi connectivity index (χ2v) is 6.43. The van der Waals surface area contributed by atoms with Crippen LogP contribution in [-0.4, -0.2) is 37.4 Å². The molecule has 0 amide bonds. The summed E-state index contributed by atoms with van der Waals surface area (Å²) in [7, 11) is 0. The van der Waals surface area contributed by atoms with Crippen LogP contribution in [0.4, 0.5) is 0 Å². The lowest BCUT2D eigenvalue weighted by molar-refractivity contribution is 0.195. The summed E-state index contributed by atoms with van der Waals surface area (Å²) in [5.74, 6) is 0.913. The molecule has 1 aromatic carbocycles. The lowest BCUT2D eigenvalue weighted by Gasteiger charge is -2.22. The van der Waals surface area contributed by atoms with Gasteiger partial charge in [0, 0.05) is 17.7 Å². The molecule has 0 spiro atoms. The van der Waals surface area contributed by atoms with Crippen LogP contribution in [0.3, 0.4) is 0 Å². The Bertz CT molecular complexity index is 778. The maximum atomic E-state index is 5.57. The molecule has 0 saturated carbocycles. The van der Waals surface area contributed by atoms with E-state index in [4.69, 9.17) is 4.52 Å². The fraction of sp³-hybridized carbons (Fsp3) is 0.389. The molecular weight excluding hydrogens is 302 g/mol. The molecule has 2 aromatic heterocycles. The van der Waals surface area contributed by atoms with Gasteiger partial charge in [0.2, 0.25) is 0 Å². The SMILES string of the molecule is Cc1ccc(-c2cc(CN3CCC[C@@H]3Cn3cncn3)on2)cc1. The molecule has 3 heterocycles. The third kappa shape index (κ3) is 3.23. The van der Waals surface area contributed by atoms with Crippen LogP contribution in [0.1, 0.15) is 24.2 Å². The van der Waals surface area contributed by atoms with Crippen molar-refractivity contribution in [3.8, 4) is 11.3 Å². The largest absolute Gasteiger partial charge is 0.359 e. The molecule has 1 aliphatic heterocycles. The number of aromatic nitrogens is 4. The number of hydrogen-bond acceptors (Lipinski definition) is 5. The molecule has 1 atom stereocenters. The minimum atomic E-state index is 0.472. The van der Waals surface area contributed by atoms with Gasteiger partial charge in [0.05, 0.1) is 13.1 Å². The summed E-state index contributed by atoms with van der Waals surface area (Å²) in [6.07, 6.45) is 5.75. The zero-order valence-electron chi connectivity index (χ0n) is 13.8. The second kappa shape index (κ2) is 6.57. The van der Waals surface area contributed by atoms with Crippen molar-refractivity contribution in [3.63, 3.8) is 0 Å². The van der Waals surface area contributed by atoms with Crippen LogP contribution in [-0.2, 0) is 13.1 Å². The molecule has 4 rings (SSSR count). The first kappa shape index (κ1) is 15.1. The van der Waals surface area contributed by atoms with E-state index in [-0.39, 0.29) is 0 Å². The molecule has 1 saturated heterocycles. The van der Waals surface area contributed by atoms with Crippen molar-refractivity contribution in [2.45, 2.75) is 38.9 Å². The number of likely N-dealkylation sites (tertiary alicyclic amines) is 1. The fourth-order valence-corrected chi connectivity index (χ4v) is 3.30. The highest BCUT2D eigenvalue weighted by Gasteiger charge is 2.26. The smallest absolute Gasteiger partial charge is 0.151 e. The molecule has 0 unspecified atom stereocenters. The zero-order valence-corrected chi connectivity index (χ0v) is 13.8. The molecule has 1 aliphatic rings. The Hall–Kier alpha value is -2.47. The Morgan fingerprint density at radius 3 is 2.92 bits per heavy atom. The van der Waals surface area contributed by atoms with E-state index in [2.05, 4.69) is 57.4 Å². The molecular formula is C18H21N5O. The summed E-state index contributed by atoms with van der Waals surface area (Å²) in [6.45, 7) is 4.83. The molecule has 6 heteroatoms. The van der Waals surface area contributed by atoms with Crippen LogP contribution in [0.2, 0.25) is 0 Å². The van der Waals surface area contributed by atoms with E-state index < -0.39 is 0 Å². The standard InChI is InChI=1S/C18H21N5O/c1-14-4-6-15(7-5-14)18-9-17(24-21-18)11-22-8-2-3-16(22)10-23-13-19-12-20-23/h4-7,9,12-13,16H,2-3,8,10-11H2,1H3/t16-/m1/s1. The summed E-state index contributed by atoms with van der Waals surface area (Å²) in [4.78, 5) is 6.47. The van der Waals surface area contributed by atoms with Gasteiger partial charge in [-0.15, -0.1) is 0 Å². The molecule has 0 aliphatic carbocycles. The third-order valence-corrected chi connectivity index (χ3v) is 4.63. The van der Waals surface area contributed by atoms with Crippen molar-refractivity contribution < 1.29 is 4.52 Å². The first-order valence-electron chi connectivity index (χ1n) is 8.37. The van der Waals surface area contributed by atoms with E-state index in [1.807, 2.05) is 4.68 Å². The fourth-order valence-electron chi connectivity index (χ4n) is 3.30. The predicted octanol–water partition coefficient (Wildman–Crippen LogP) is 2.91. The highest BCUT2D eigenvalue weighted by atomic mass is 16.5. The van der Waals surface area contributed by atoms with Crippen LogP contribution < -0.4 is 0 Å². The van der Waals surface area contributed by atoms with Gasteiger partial charge in [0.25, 0.3) is 0 Å². The van der Waals surface area contributed by atoms with Gasteiger partial charge < -0.3 is 4.52 Å². The van der Waals surface area contributed by atoms with Gasteiger partial charge in [-0.1, -0.05) is 35.0 Å². The maximum Gasteiger partial charge on any atom is 0.151 e. The lowest BCUT2D eigenvalue weighted by Crippen LogP contribution is -2.32. The summed E-state index contributed by atoms with van der Waals surface area (Å²) in [5, 5.41) is 8.44. The van der Waals surface area contributed by atoms with E-state index in [0.29, 0.717) is 6.04 Å². The minimum absolute atomic E-state index is 0.472. The summed E-state index contributed by atoms with van der Waals surface area (Å²) < 4.78 is 7.47. The normalized spacial score (nSPS) is 18.3. The second-order valence-electron chi connectivity index (χ2n) is 6.43. The molecule has 0 radical (unpaired) electrons. The Morgan fingerprint density at radius 1 is 1.25 bits per heavy atom. The summed E-state index contributed by atoms with van der Waals surface area (Å²) in [5.41, 5.74) is 3.24. The summed E-state index contributed by atoms with van der Waals surface area (Å²) in [6, 6.07) is 10.9. The van der Waals surface area contributed by atoms with E-state index in [9.17, 15) is 0 Å². The Kier molecular flexibility index (Phi) is 4.13. The van der Waals surface area contributed by atoms with Gasteiger partial charge in [-0.05, 0) is 26.3 Å². The van der Waals surface area contributed by atoms with Crippen molar-refractivity contribution in [1.29, 1.82) is 0 Å². The van der Waals surface area contributed by atoms with Gasteiger partial charge in [-0.2, -0.15) is 5.10 Å². The van der Waals surface area contributed by atoms with E-state index in [1.165, 1.54) is 18.4 Å². The Morgan fingerprint density at radius 2 is 2.12 bits per heavy atom. The van der Waals surface area contributed by atoms with Crippen molar-refractivity contribution in [2.75, 3.05) is 6.54 Å². The highest BCUT2D eigenvalue weighted by Crippen LogP contribution is 2.24. The van der Waals surface area contributed by atoms with Crippen LogP contribution in [0, 0.1) is 6.92 Å². The van der Waals surface area contributed by atoms with Crippen molar-refractivity contribution >= 4 is 0 Å². The third-order valence-electron chi connectivity index (χ3n) is 4.63. The van der Waals surface area contributed by atoms with Crippen LogP contribution in [0.5, 0.6) is 0 Å². The highest BCUT2D eigenvalue weighted by molar-refractivity contribution is 5.59. The number of rotatable bonds is 5. The van der Waals surface area contributed by atoms with E-state index in [0.717, 1.165) is 36.7 Å². The minimum Gasteiger partial charge on any atom is -0.359 e. The maximum absolute atomic E-state index is 5.57. The molecule has 6 nitrogen and oxygen atoms in total. The molecule has 0 N–H and O–H groups in total. The monoisotopic (exact) mass is 323 g/mol. The summed E-state index contributed by atoms with van der Waals surface area (Å²) >= 11 is 0. The molecule has 3 aromatic rings. The molecule has 24 heavy (non-hydrogen) atoms. The van der Waals surface area contributed by atoms with Crippen molar-refractivity contribution in [1.82, 2.24) is 24.8 Å². The van der Waals surface area contributed by atoms with Crippen LogP contribution in [0.25, 0.3) is 11.3 Å². The first-order chi connectivity index (χ1) is 11.8. The topological polar surface area (TPSA) is 60.0 Å². The zero-order chi connectivity index (χ0) is 16.4. The van der Waals surface area contributed by atoms with Gasteiger partial charge >= 0.3 is 0 Å². The van der Waals surface area contributed by atoms with Crippen molar-refractivity contribution in [2.24, 2.45) is 0 Å². The Labute approximate surface area is 141 Å². The van der Waals surface area contributed by atoms with Gasteiger partial charge in [-0.25, -0.2) is 4.98 Å². The van der Waals surface area contributed by atoms with Crippen molar-refractivity contribution in [3.05, 3.63) is 54.3 Å².